The Morgan fingerprint density at radius 3 is 2.50 bits per heavy atom. The normalized spacial score (nSPS) is 10.8. The lowest BCUT2D eigenvalue weighted by Gasteiger charge is -2.06. The van der Waals surface area contributed by atoms with E-state index in [1.165, 1.54) is 5.39 Å². The van der Waals surface area contributed by atoms with Crippen LogP contribution in [0.5, 0.6) is 0 Å². The minimum atomic E-state index is -0.462. The van der Waals surface area contributed by atoms with Crippen molar-refractivity contribution in [1.29, 1.82) is 0 Å². The van der Waals surface area contributed by atoms with E-state index < -0.39 is 5.69 Å². The minimum absolute atomic E-state index is 0.329. The van der Waals surface area contributed by atoms with Crippen LogP contribution in [0.4, 0.5) is 0 Å². The molecule has 1 aromatic heterocycles. The number of aromatic nitrogens is 2. The fourth-order valence-electron chi connectivity index (χ4n) is 2.33. The summed E-state index contributed by atoms with van der Waals surface area (Å²) in [6.07, 6.45) is 0.538. The Morgan fingerprint density at radius 2 is 1.70 bits per heavy atom. The highest BCUT2D eigenvalue weighted by Gasteiger charge is 2.06. The van der Waals surface area contributed by atoms with Crippen LogP contribution in [0.3, 0.4) is 0 Å². The van der Waals surface area contributed by atoms with Crippen molar-refractivity contribution >= 4 is 10.8 Å². The molecule has 0 bridgehead atoms. The number of fused-ring (bicyclic) bond motifs is 1. The zero-order valence-corrected chi connectivity index (χ0v) is 11.1. The lowest BCUT2D eigenvalue weighted by molar-refractivity contribution is 0.925. The zero-order valence-electron chi connectivity index (χ0n) is 11.1. The molecule has 3 rings (SSSR count). The third-order valence-corrected chi connectivity index (χ3v) is 3.48. The predicted molar refractivity (Wildman–Crippen MR) is 79.2 cm³/mol. The van der Waals surface area contributed by atoms with Gasteiger partial charge in [0.2, 0.25) is 0 Å². The molecule has 4 heteroatoms. The summed E-state index contributed by atoms with van der Waals surface area (Å²) in [5.41, 5.74) is 1.49. The summed E-state index contributed by atoms with van der Waals surface area (Å²) >= 11 is 0. The standard InChI is InChI=1S/C16H14N2O2/c1-10-14(17-16(20)18-15(10)19)9-11-6-7-12-4-2-3-5-13(12)8-11/h2-8H,9H2,1H3,(H2,17,18,19,20). The topological polar surface area (TPSA) is 65.7 Å². The number of rotatable bonds is 2. The number of aromatic amines is 2. The average molecular weight is 266 g/mol. The molecule has 0 aliphatic rings. The van der Waals surface area contributed by atoms with Crippen LogP contribution in [0.1, 0.15) is 16.8 Å². The van der Waals surface area contributed by atoms with Gasteiger partial charge in [0.05, 0.1) is 0 Å². The molecule has 2 aromatic carbocycles. The van der Waals surface area contributed by atoms with Gasteiger partial charge in [-0.25, -0.2) is 4.79 Å². The lowest BCUT2D eigenvalue weighted by atomic mass is 10.0. The van der Waals surface area contributed by atoms with Crippen molar-refractivity contribution in [2.24, 2.45) is 0 Å². The molecule has 0 radical (unpaired) electrons. The maximum absolute atomic E-state index is 11.6. The van der Waals surface area contributed by atoms with E-state index in [2.05, 4.69) is 22.1 Å². The van der Waals surface area contributed by atoms with E-state index in [9.17, 15) is 9.59 Å². The van der Waals surface area contributed by atoms with E-state index in [4.69, 9.17) is 0 Å². The largest absolute Gasteiger partial charge is 0.325 e. The predicted octanol–water partition coefficient (Wildman–Crippen LogP) is 2.12. The van der Waals surface area contributed by atoms with Gasteiger partial charge < -0.3 is 4.98 Å². The van der Waals surface area contributed by atoms with Crippen LogP contribution in [0, 0.1) is 6.92 Å². The van der Waals surface area contributed by atoms with E-state index >= 15 is 0 Å². The summed E-state index contributed by atoms with van der Waals surface area (Å²) < 4.78 is 0. The third-order valence-electron chi connectivity index (χ3n) is 3.48. The monoisotopic (exact) mass is 266 g/mol. The molecule has 0 fully saturated rings. The van der Waals surface area contributed by atoms with Crippen molar-refractivity contribution in [3.8, 4) is 0 Å². The summed E-state index contributed by atoms with van der Waals surface area (Å²) in [6.45, 7) is 1.71. The molecular weight excluding hydrogens is 252 g/mol. The molecule has 4 nitrogen and oxygen atoms in total. The van der Waals surface area contributed by atoms with E-state index in [0.29, 0.717) is 17.7 Å². The summed E-state index contributed by atoms with van der Waals surface area (Å²) in [7, 11) is 0. The summed E-state index contributed by atoms with van der Waals surface area (Å²) in [5, 5.41) is 2.32. The molecule has 3 aromatic rings. The number of hydrogen-bond donors (Lipinski definition) is 2. The Bertz CT molecular complexity index is 891. The number of hydrogen-bond acceptors (Lipinski definition) is 2. The molecule has 2 N–H and O–H groups in total. The van der Waals surface area contributed by atoms with Gasteiger partial charge in [0, 0.05) is 17.7 Å². The molecule has 0 spiro atoms. The Balaban J connectivity index is 2.05. The number of H-pyrrole nitrogens is 2. The van der Waals surface area contributed by atoms with Crippen molar-refractivity contribution in [2.45, 2.75) is 13.3 Å². The molecular formula is C16H14N2O2. The van der Waals surface area contributed by atoms with Crippen molar-refractivity contribution in [2.75, 3.05) is 0 Å². The van der Waals surface area contributed by atoms with Gasteiger partial charge in [-0.1, -0.05) is 42.5 Å². The smallest absolute Gasteiger partial charge is 0.311 e. The number of benzene rings is 2. The molecule has 0 saturated heterocycles. The van der Waals surface area contributed by atoms with Gasteiger partial charge in [0.25, 0.3) is 5.56 Å². The Hall–Kier alpha value is -2.62. The van der Waals surface area contributed by atoms with E-state index in [-0.39, 0.29) is 5.56 Å². The summed E-state index contributed by atoms with van der Waals surface area (Å²) in [5.74, 6) is 0. The first kappa shape index (κ1) is 12.4. The van der Waals surface area contributed by atoms with E-state index in [1.807, 2.05) is 30.3 Å². The number of nitrogens with one attached hydrogen (secondary N) is 2. The van der Waals surface area contributed by atoms with Crippen LogP contribution in [0.2, 0.25) is 0 Å². The molecule has 1 heterocycles. The zero-order chi connectivity index (χ0) is 14.1. The lowest BCUT2D eigenvalue weighted by Crippen LogP contribution is -2.26. The van der Waals surface area contributed by atoms with Gasteiger partial charge in [-0.3, -0.25) is 9.78 Å². The van der Waals surface area contributed by atoms with E-state index in [1.54, 1.807) is 6.92 Å². The molecule has 0 amide bonds. The molecule has 0 unspecified atom stereocenters. The highest BCUT2D eigenvalue weighted by molar-refractivity contribution is 5.83. The molecule has 20 heavy (non-hydrogen) atoms. The van der Waals surface area contributed by atoms with Gasteiger partial charge in [-0.05, 0) is 23.3 Å². The fraction of sp³-hybridized carbons (Fsp3) is 0.125. The van der Waals surface area contributed by atoms with Crippen LogP contribution in [-0.2, 0) is 6.42 Å². The van der Waals surface area contributed by atoms with E-state index in [0.717, 1.165) is 10.9 Å². The first-order valence-electron chi connectivity index (χ1n) is 6.43. The first-order valence-corrected chi connectivity index (χ1v) is 6.43. The van der Waals surface area contributed by atoms with Crippen molar-refractivity contribution in [3.63, 3.8) is 0 Å². The Kier molecular flexibility index (Phi) is 2.99. The van der Waals surface area contributed by atoms with Crippen LogP contribution < -0.4 is 11.2 Å². The van der Waals surface area contributed by atoms with Gasteiger partial charge >= 0.3 is 5.69 Å². The fourth-order valence-corrected chi connectivity index (χ4v) is 2.33. The quantitative estimate of drug-likeness (QED) is 0.746. The SMILES string of the molecule is Cc1c(Cc2ccc3ccccc3c2)[nH]c(=O)[nH]c1=O. The molecule has 0 aliphatic carbocycles. The third kappa shape index (κ3) is 2.28. The van der Waals surface area contributed by atoms with Gasteiger partial charge in [-0.15, -0.1) is 0 Å². The summed E-state index contributed by atoms with van der Waals surface area (Å²) in [6, 6.07) is 14.2. The van der Waals surface area contributed by atoms with Crippen molar-refractivity contribution in [1.82, 2.24) is 9.97 Å². The highest BCUT2D eigenvalue weighted by Crippen LogP contribution is 2.17. The second-order valence-corrected chi connectivity index (χ2v) is 4.87. The summed E-state index contributed by atoms with van der Waals surface area (Å²) in [4.78, 5) is 27.9. The van der Waals surface area contributed by atoms with Crippen molar-refractivity contribution < 1.29 is 0 Å². The molecule has 0 saturated carbocycles. The molecule has 100 valence electrons. The maximum Gasteiger partial charge on any atom is 0.325 e. The van der Waals surface area contributed by atoms with Crippen LogP contribution >= 0.6 is 0 Å². The second kappa shape index (κ2) is 4.81. The van der Waals surface area contributed by atoms with Gasteiger partial charge in [-0.2, -0.15) is 0 Å². The van der Waals surface area contributed by atoms with Crippen LogP contribution in [0.25, 0.3) is 10.8 Å². The average Bonchev–Trinajstić information content (AvgIpc) is 2.44. The van der Waals surface area contributed by atoms with Crippen LogP contribution in [0.15, 0.2) is 52.1 Å². The van der Waals surface area contributed by atoms with Gasteiger partial charge in [0.15, 0.2) is 0 Å². The Morgan fingerprint density at radius 1 is 0.950 bits per heavy atom. The van der Waals surface area contributed by atoms with Gasteiger partial charge in [0.1, 0.15) is 0 Å². The van der Waals surface area contributed by atoms with Crippen LogP contribution in [-0.4, -0.2) is 9.97 Å². The minimum Gasteiger partial charge on any atom is -0.311 e. The molecule has 0 aliphatic heterocycles. The first-order chi connectivity index (χ1) is 9.63. The molecule has 0 atom stereocenters. The Labute approximate surface area is 115 Å². The highest BCUT2D eigenvalue weighted by atomic mass is 16.2. The second-order valence-electron chi connectivity index (χ2n) is 4.87. The maximum atomic E-state index is 11.6. The van der Waals surface area contributed by atoms with Crippen molar-refractivity contribution in [3.05, 3.63) is 80.1 Å².